The molecule has 1 aliphatic heterocycles. The Morgan fingerprint density at radius 1 is 1.39 bits per heavy atom. The van der Waals surface area contributed by atoms with Crippen LogP contribution in [-0.4, -0.2) is 35.4 Å². The molecule has 0 saturated carbocycles. The van der Waals surface area contributed by atoms with E-state index >= 15 is 0 Å². The number of amides is 1. The fraction of sp³-hybridized carbons (Fsp3) is 0.333. The molecular formula is C18H21N3OS. The van der Waals surface area contributed by atoms with E-state index in [0.29, 0.717) is 6.54 Å². The Balaban J connectivity index is 1.41. The molecule has 0 unspecified atom stereocenters. The lowest BCUT2D eigenvalue weighted by molar-refractivity contribution is -0.116. The summed E-state index contributed by atoms with van der Waals surface area (Å²) in [6, 6.07) is 8.60. The molecule has 120 valence electrons. The van der Waals surface area contributed by atoms with E-state index in [1.165, 1.54) is 11.1 Å². The standard InChI is InChI=1S/C18H21N3OS/c1-14-20-17(13-23-14)6-7-18(22)19-9-11-21-10-8-15-4-2-3-5-16(15)12-21/h2-7,13H,8-12H2,1H3,(H,19,22)/b7-6+. The van der Waals surface area contributed by atoms with Gasteiger partial charge in [0.05, 0.1) is 10.7 Å². The molecule has 0 atom stereocenters. The molecule has 4 nitrogen and oxygen atoms in total. The Morgan fingerprint density at radius 3 is 3.00 bits per heavy atom. The van der Waals surface area contributed by atoms with Crippen LogP contribution in [-0.2, 0) is 17.8 Å². The molecule has 2 aromatic rings. The quantitative estimate of drug-likeness (QED) is 0.859. The Hall–Kier alpha value is -1.98. The van der Waals surface area contributed by atoms with Crippen molar-refractivity contribution in [3.8, 4) is 0 Å². The van der Waals surface area contributed by atoms with E-state index in [-0.39, 0.29) is 5.91 Å². The van der Waals surface area contributed by atoms with E-state index in [0.717, 1.165) is 36.8 Å². The van der Waals surface area contributed by atoms with Crippen LogP contribution in [0.4, 0.5) is 0 Å². The molecule has 0 radical (unpaired) electrons. The number of carbonyl (C=O) groups excluding carboxylic acids is 1. The molecule has 2 heterocycles. The topological polar surface area (TPSA) is 45.2 Å². The predicted molar refractivity (Wildman–Crippen MR) is 94.3 cm³/mol. The summed E-state index contributed by atoms with van der Waals surface area (Å²) in [7, 11) is 0. The zero-order valence-electron chi connectivity index (χ0n) is 13.3. The van der Waals surface area contributed by atoms with Crippen molar-refractivity contribution in [2.75, 3.05) is 19.6 Å². The first-order chi connectivity index (χ1) is 11.2. The van der Waals surface area contributed by atoms with Crippen LogP contribution in [0, 0.1) is 6.92 Å². The van der Waals surface area contributed by atoms with Gasteiger partial charge >= 0.3 is 0 Å². The van der Waals surface area contributed by atoms with Gasteiger partial charge in [0.2, 0.25) is 5.91 Å². The summed E-state index contributed by atoms with van der Waals surface area (Å²) in [5.74, 6) is -0.0620. The zero-order valence-corrected chi connectivity index (χ0v) is 14.1. The second-order valence-corrected chi connectivity index (χ2v) is 6.77. The van der Waals surface area contributed by atoms with E-state index in [4.69, 9.17) is 0 Å². The number of aryl methyl sites for hydroxylation is 1. The number of benzene rings is 1. The second-order valence-electron chi connectivity index (χ2n) is 5.71. The number of nitrogens with one attached hydrogen (secondary N) is 1. The van der Waals surface area contributed by atoms with E-state index in [2.05, 4.69) is 39.5 Å². The summed E-state index contributed by atoms with van der Waals surface area (Å²) >= 11 is 1.59. The van der Waals surface area contributed by atoms with Crippen LogP contribution in [0.3, 0.4) is 0 Å². The smallest absolute Gasteiger partial charge is 0.244 e. The van der Waals surface area contributed by atoms with Crippen LogP contribution in [0.25, 0.3) is 6.08 Å². The van der Waals surface area contributed by atoms with Crippen LogP contribution >= 0.6 is 11.3 Å². The molecule has 0 aliphatic carbocycles. The number of fused-ring (bicyclic) bond motifs is 1. The third-order valence-corrected chi connectivity index (χ3v) is 4.77. The van der Waals surface area contributed by atoms with Crippen molar-refractivity contribution in [3.05, 3.63) is 57.6 Å². The number of carbonyl (C=O) groups is 1. The van der Waals surface area contributed by atoms with Crippen molar-refractivity contribution in [1.82, 2.24) is 15.2 Å². The fourth-order valence-corrected chi connectivity index (χ4v) is 3.34. The molecule has 0 spiro atoms. The van der Waals surface area contributed by atoms with Gasteiger partial charge in [-0.3, -0.25) is 9.69 Å². The monoisotopic (exact) mass is 327 g/mol. The van der Waals surface area contributed by atoms with Gasteiger partial charge in [0.15, 0.2) is 0 Å². The molecular weight excluding hydrogens is 306 g/mol. The maximum absolute atomic E-state index is 11.8. The summed E-state index contributed by atoms with van der Waals surface area (Å²) in [5.41, 5.74) is 3.70. The lowest BCUT2D eigenvalue weighted by Crippen LogP contribution is -2.37. The fourth-order valence-electron chi connectivity index (χ4n) is 2.76. The summed E-state index contributed by atoms with van der Waals surface area (Å²) in [5, 5.41) is 5.90. The molecule has 1 aromatic carbocycles. The summed E-state index contributed by atoms with van der Waals surface area (Å²) in [6.07, 6.45) is 4.41. The summed E-state index contributed by atoms with van der Waals surface area (Å²) < 4.78 is 0. The third kappa shape index (κ3) is 4.50. The van der Waals surface area contributed by atoms with E-state index < -0.39 is 0 Å². The third-order valence-electron chi connectivity index (χ3n) is 3.98. The predicted octanol–water partition coefficient (Wildman–Crippen LogP) is 2.64. The first-order valence-corrected chi connectivity index (χ1v) is 8.76. The number of thiazole rings is 1. The highest BCUT2D eigenvalue weighted by Gasteiger charge is 2.14. The minimum absolute atomic E-state index is 0.0620. The number of rotatable bonds is 5. The highest BCUT2D eigenvalue weighted by Crippen LogP contribution is 2.17. The first kappa shape index (κ1) is 15.9. The van der Waals surface area contributed by atoms with Gasteiger partial charge in [-0.05, 0) is 30.5 Å². The Kier molecular flexibility index (Phi) is 5.20. The van der Waals surface area contributed by atoms with Crippen molar-refractivity contribution in [2.24, 2.45) is 0 Å². The van der Waals surface area contributed by atoms with Crippen molar-refractivity contribution in [3.63, 3.8) is 0 Å². The van der Waals surface area contributed by atoms with E-state index in [9.17, 15) is 4.79 Å². The maximum atomic E-state index is 11.8. The number of nitrogens with zero attached hydrogens (tertiary/aromatic N) is 2. The van der Waals surface area contributed by atoms with Crippen LogP contribution in [0.5, 0.6) is 0 Å². The largest absolute Gasteiger partial charge is 0.351 e. The first-order valence-electron chi connectivity index (χ1n) is 7.88. The van der Waals surface area contributed by atoms with Crippen LogP contribution in [0.2, 0.25) is 0 Å². The number of aromatic nitrogens is 1. The second kappa shape index (κ2) is 7.53. The van der Waals surface area contributed by atoms with Crippen LogP contribution in [0.1, 0.15) is 21.8 Å². The molecule has 5 heteroatoms. The van der Waals surface area contributed by atoms with Gasteiger partial charge in [-0.25, -0.2) is 4.98 Å². The lowest BCUT2D eigenvalue weighted by atomic mass is 10.00. The van der Waals surface area contributed by atoms with Crippen molar-refractivity contribution < 1.29 is 4.79 Å². The molecule has 1 aliphatic rings. The van der Waals surface area contributed by atoms with Crippen LogP contribution in [0.15, 0.2) is 35.7 Å². The number of hydrogen-bond acceptors (Lipinski definition) is 4. The van der Waals surface area contributed by atoms with E-state index in [1.54, 1.807) is 23.5 Å². The van der Waals surface area contributed by atoms with Gasteiger partial charge in [0, 0.05) is 37.6 Å². The summed E-state index contributed by atoms with van der Waals surface area (Å²) in [4.78, 5) is 18.5. The van der Waals surface area contributed by atoms with E-state index in [1.807, 2.05) is 12.3 Å². The van der Waals surface area contributed by atoms with Gasteiger partial charge < -0.3 is 5.32 Å². The van der Waals surface area contributed by atoms with Gasteiger partial charge in [-0.15, -0.1) is 11.3 Å². The minimum Gasteiger partial charge on any atom is -0.351 e. The molecule has 23 heavy (non-hydrogen) atoms. The number of hydrogen-bond donors (Lipinski definition) is 1. The molecule has 0 saturated heterocycles. The minimum atomic E-state index is -0.0620. The molecule has 0 fully saturated rings. The van der Waals surface area contributed by atoms with Gasteiger partial charge in [-0.2, -0.15) is 0 Å². The molecule has 0 bridgehead atoms. The van der Waals surface area contributed by atoms with Gasteiger partial charge in [0.1, 0.15) is 0 Å². The average Bonchev–Trinajstić information content (AvgIpc) is 2.98. The van der Waals surface area contributed by atoms with Crippen molar-refractivity contribution in [2.45, 2.75) is 19.9 Å². The Labute approximate surface area is 140 Å². The van der Waals surface area contributed by atoms with Crippen LogP contribution < -0.4 is 5.32 Å². The zero-order chi connectivity index (χ0) is 16.1. The SMILES string of the molecule is Cc1nc(/C=C/C(=O)NCCN2CCc3ccccc3C2)cs1. The normalized spacial score (nSPS) is 14.8. The summed E-state index contributed by atoms with van der Waals surface area (Å²) in [6.45, 7) is 5.53. The highest BCUT2D eigenvalue weighted by atomic mass is 32.1. The highest BCUT2D eigenvalue weighted by molar-refractivity contribution is 7.09. The average molecular weight is 327 g/mol. The molecule has 1 N–H and O–H groups in total. The Morgan fingerprint density at radius 2 is 2.22 bits per heavy atom. The van der Waals surface area contributed by atoms with Crippen molar-refractivity contribution >= 4 is 23.3 Å². The molecule has 1 aromatic heterocycles. The molecule has 1 amide bonds. The van der Waals surface area contributed by atoms with Crippen molar-refractivity contribution in [1.29, 1.82) is 0 Å². The maximum Gasteiger partial charge on any atom is 0.244 e. The van der Waals surface area contributed by atoms with Gasteiger partial charge in [-0.1, -0.05) is 24.3 Å². The Bertz CT molecular complexity index is 708. The van der Waals surface area contributed by atoms with Gasteiger partial charge in [0.25, 0.3) is 0 Å². The lowest BCUT2D eigenvalue weighted by Gasteiger charge is -2.28. The molecule has 3 rings (SSSR count).